The van der Waals surface area contributed by atoms with Crippen molar-refractivity contribution in [2.45, 2.75) is 52.8 Å². The zero-order chi connectivity index (χ0) is 24.2. The lowest BCUT2D eigenvalue weighted by Crippen LogP contribution is -2.51. The minimum atomic E-state index is -4.47. The molecule has 0 bridgehead atoms. The number of esters is 1. The molecule has 2 aromatic carbocycles. The lowest BCUT2D eigenvalue weighted by molar-refractivity contribution is -0.149. The average molecular weight is 463 g/mol. The van der Waals surface area contributed by atoms with Gasteiger partial charge in [-0.2, -0.15) is 13.2 Å². The first-order valence-corrected chi connectivity index (χ1v) is 11.7. The maximum absolute atomic E-state index is 13.9. The molecule has 33 heavy (non-hydrogen) atoms. The van der Waals surface area contributed by atoms with Gasteiger partial charge in [0.15, 0.2) is 0 Å². The van der Waals surface area contributed by atoms with Gasteiger partial charge in [-0.15, -0.1) is 0 Å². The van der Waals surface area contributed by atoms with Crippen LogP contribution in [-0.4, -0.2) is 38.5 Å². The number of ether oxygens (including phenoxy) is 1. The topological polar surface area (TPSA) is 32.8 Å². The van der Waals surface area contributed by atoms with Crippen molar-refractivity contribution in [1.29, 1.82) is 0 Å². The van der Waals surface area contributed by atoms with Crippen LogP contribution in [0.4, 0.5) is 24.5 Å². The highest BCUT2D eigenvalue weighted by Gasteiger charge is 2.38. The quantitative estimate of drug-likeness (QED) is 0.310. The zero-order valence-corrected chi connectivity index (χ0v) is 19.8. The molecule has 0 N–H and O–H groups in total. The number of hydrogen-bond donors (Lipinski definition) is 0. The van der Waals surface area contributed by atoms with Crippen LogP contribution in [-0.2, 0) is 9.53 Å². The van der Waals surface area contributed by atoms with E-state index < -0.39 is 6.30 Å². The number of alkyl halides is 3. The largest absolute Gasteiger partial charge is 0.484 e. The van der Waals surface area contributed by atoms with Crippen molar-refractivity contribution in [1.82, 2.24) is 0 Å². The maximum atomic E-state index is 13.9. The second-order valence-electron chi connectivity index (χ2n) is 8.87. The summed E-state index contributed by atoms with van der Waals surface area (Å²) in [6.07, 6.45) is -3.30. The third kappa shape index (κ3) is 5.81. The molecule has 3 rings (SSSR count). The van der Waals surface area contributed by atoms with E-state index in [2.05, 4.69) is 4.90 Å². The summed E-state index contributed by atoms with van der Waals surface area (Å²) in [5, 5.41) is 0. The Hall–Kier alpha value is -2.70. The molecule has 0 spiro atoms. The molecule has 1 heterocycles. The Morgan fingerprint density at radius 2 is 1.85 bits per heavy atom. The van der Waals surface area contributed by atoms with Crippen molar-refractivity contribution in [3.8, 4) is 11.1 Å². The normalized spacial score (nSPS) is 14.4. The van der Waals surface area contributed by atoms with E-state index in [-0.39, 0.29) is 30.0 Å². The Kier molecular flexibility index (Phi) is 7.92. The minimum Gasteiger partial charge on any atom is -0.465 e. The number of hydrogen-bond acceptors (Lipinski definition) is 4. The second kappa shape index (κ2) is 10.5. The third-order valence-electron chi connectivity index (χ3n) is 5.92. The summed E-state index contributed by atoms with van der Waals surface area (Å²) in [4.78, 5) is 14.7. The van der Waals surface area contributed by atoms with Crippen LogP contribution < -0.4 is 9.80 Å². The highest BCUT2D eigenvalue weighted by molar-refractivity contribution is 5.82. The number of anilines is 2. The Morgan fingerprint density at radius 3 is 2.45 bits per heavy atom. The van der Waals surface area contributed by atoms with Crippen LogP contribution in [0.15, 0.2) is 42.5 Å². The predicted molar refractivity (Wildman–Crippen MR) is 127 cm³/mol. The second-order valence-corrected chi connectivity index (χ2v) is 8.87. The predicted octanol–water partition coefficient (Wildman–Crippen LogP) is 6.60. The monoisotopic (exact) mass is 462 g/mol. The first kappa shape index (κ1) is 24.9. The molecule has 0 aromatic heterocycles. The van der Waals surface area contributed by atoms with E-state index in [1.54, 1.807) is 19.1 Å². The highest BCUT2D eigenvalue weighted by Crippen LogP contribution is 2.40. The smallest absolute Gasteiger partial charge is 0.465 e. The van der Waals surface area contributed by atoms with Gasteiger partial charge in [0.2, 0.25) is 0 Å². The number of nitrogens with zero attached hydrogens (tertiary/aromatic N) is 2. The molecule has 1 aliphatic heterocycles. The van der Waals surface area contributed by atoms with E-state index in [4.69, 9.17) is 4.74 Å². The third-order valence-corrected chi connectivity index (χ3v) is 5.92. The van der Waals surface area contributed by atoms with E-state index >= 15 is 0 Å². The van der Waals surface area contributed by atoms with Crippen LogP contribution in [0, 0.1) is 5.92 Å². The number of rotatable bonds is 9. The van der Waals surface area contributed by atoms with Gasteiger partial charge in [-0.1, -0.05) is 45.9 Å². The van der Waals surface area contributed by atoms with Gasteiger partial charge in [0, 0.05) is 30.9 Å². The fourth-order valence-electron chi connectivity index (χ4n) is 4.02. The van der Waals surface area contributed by atoms with E-state index in [0.717, 1.165) is 23.2 Å². The van der Waals surface area contributed by atoms with E-state index in [9.17, 15) is 18.0 Å². The Labute approximate surface area is 194 Å². The van der Waals surface area contributed by atoms with Crippen LogP contribution in [0.5, 0.6) is 0 Å². The standard InChI is InChI=1S/C26H33F3N2O2/c1-5-12-31(26(27,28)29)24-11-10-19(18(3)4)15-23(24)20-8-7-9-22(14-20)30-16-21(17-30)25(32)33-13-6-2/h7-11,14-15,18,21H,5-6,12-13,16-17H2,1-4H3. The molecule has 0 unspecified atom stereocenters. The van der Waals surface area contributed by atoms with Crippen LogP contribution in [0.2, 0.25) is 0 Å². The van der Waals surface area contributed by atoms with Crippen molar-refractivity contribution in [2.24, 2.45) is 5.92 Å². The van der Waals surface area contributed by atoms with Gasteiger partial charge < -0.3 is 9.64 Å². The molecule has 2 aromatic rings. The summed E-state index contributed by atoms with van der Waals surface area (Å²) in [6.45, 7) is 9.17. The number of benzene rings is 2. The van der Waals surface area contributed by atoms with Gasteiger partial charge in [-0.25, -0.2) is 0 Å². The molecular formula is C26H33F3N2O2. The fraction of sp³-hybridized carbons (Fsp3) is 0.500. The van der Waals surface area contributed by atoms with Gasteiger partial charge in [-0.05, 0) is 54.2 Å². The lowest BCUT2D eigenvalue weighted by Gasteiger charge is -2.39. The molecule has 1 aliphatic rings. The Bertz CT molecular complexity index is 953. The number of halogens is 3. The van der Waals surface area contributed by atoms with E-state index in [1.165, 1.54) is 0 Å². The van der Waals surface area contributed by atoms with Gasteiger partial charge in [0.25, 0.3) is 0 Å². The summed E-state index contributed by atoms with van der Waals surface area (Å²) in [6, 6.07) is 12.8. The Balaban J connectivity index is 1.93. The number of carbonyl (C=O) groups is 1. The van der Waals surface area contributed by atoms with Gasteiger partial charge in [0.05, 0.1) is 18.2 Å². The summed E-state index contributed by atoms with van der Waals surface area (Å²) < 4.78 is 46.9. The molecule has 4 nitrogen and oxygen atoms in total. The maximum Gasteiger partial charge on any atom is 0.484 e. The molecule has 0 amide bonds. The first-order valence-electron chi connectivity index (χ1n) is 11.7. The van der Waals surface area contributed by atoms with Crippen LogP contribution in [0.25, 0.3) is 11.1 Å². The summed E-state index contributed by atoms with van der Waals surface area (Å²) in [7, 11) is 0. The number of carbonyl (C=O) groups excluding carboxylic acids is 1. The van der Waals surface area contributed by atoms with Gasteiger partial charge in [0.1, 0.15) is 0 Å². The lowest BCUT2D eigenvalue weighted by atomic mass is 9.94. The average Bonchev–Trinajstić information content (AvgIpc) is 2.74. The van der Waals surface area contributed by atoms with Gasteiger partial charge in [-0.3, -0.25) is 9.69 Å². The zero-order valence-electron chi connectivity index (χ0n) is 19.8. The summed E-state index contributed by atoms with van der Waals surface area (Å²) in [5.74, 6) is -0.154. The van der Waals surface area contributed by atoms with Crippen LogP contribution in [0.1, 0.15) is 52.0 Å². The molecule has 180 valence electrons. The Morgan fingerprint density at radius 1 is 1.12 bits per heavy atom. The van der Waals surface area contributed by atoms with Crippen molar-refractivity contribution >= 4 is 17.3 Å². The van der Waals surface area contributed by atoms with Crippen LogP contribution in [0.3, 0.4) is 0 Å². The summed E-state index contributed by atoms with van der Waals surface area (Å²) >= 11 is 0. The molecular weight excluding hydrogens is 429 g/mol. The van der Waals surface area contributed by atoms with Gasteiger partial charge >= 0.3 is 12.3 Å². The summed E-state index contributed by atoms with van der Waals surface area (Å²) in [5.41, 5.74) is 3.33. The van der Waals surface area contributed by atoms with E-state index in [0.29, 0.717) is 36.6 Å². The molecule has 0 saturated carbocycles. The molecule has 0 aliphatic carbocycles. The fourth-order valence-corrected chi connectivity index (χ4v) is 4.02. The van der Waals surface area contributed by atoms with Crippen molar-refractivity contribution < 1.29 is 22.7 Å². The first-order chi connectivity index (χ1) is 15.7. The van der Waals surface area contributed by atoms with E-state index in [1.807, 2.05) is 51.1 Å². The highest BCUT2D eigenvalue weighted by atomic mass is 19.4. The van der Waals surface area contributed by atoms with Crippen molar-refractivity contribution in [2.75, 3.05) is 36.0 Å². The SMILES string of the molecule is CCCOC(=O)C1CN(c2cccc(-c3cc(C(C)C)ccc3N(CCC)C(F)(F)F)c2)C1. The van der Waals surface area contributed by atoms with Crippen LogP contribution >= 0.6 is 0 Å². The molecule has 0 radical (unpaired) electrons. The van der Waals surface area contributed by atoms with Crippen molar-refractivity contribution in [3.63, 3.8) is 0 Å². The molecule has 7 heteroatoms. The minimum absolute atomic E-state index is 0.106. The molecule has 0 atom stereocenters. The van der Waals surface area contributed by atoms with Crippen molar-refractivity contribution in [3.05, 3.63) is 48.0 Å². The molecule has 1 fully saturated rings. The molecule has 1 saturated heterocycles.